The van der Waals surface area contributed by atoms with E-state index in [1.165, 1.54) is 0 Å². The van der Waals surface area contributed by atoms with Crippen LogP contribution in [0.15, 0.2) is 41.9 Å². The molecule has 1 N–H and O–H groups in total. The van der Waals surface area contributed by atoms with Gasteiger partial charge in [0.25, 0.3) is 0 Å². The molecule has 0 radical (unpaired) electrons. The number of ether oxygens (including phenoxy) is 2. The molecular weight excluding hydrogens is 481 g/mol. The summed E-state index contributed by atoms with van der Waals surface area (Å²) in [6.45, 7) is 6.36. The second-order valence-electron chi connectivity index (χ2n) is 7.52. The topological polar surface area (TPSA) is 63.9 Å². The summed E-state index contributed by atoms with van der Waals surface area (Å²) in [6.07, 6.45) is 7.87. The lowest BCUT2D eigenvalue weighted by Gasteiger charge is -2.39. The maximum atomic E-state index is 5.80. The van der Waals surface area contributed by atoms with Crippen molar-refractivity contribution in [3.8, 4) is 11.5 Å². The maximum Gasteiger partial charge on any atom is 0.193 e. The first-order chi connectivity index (χ1) is 13.7. The summed E-state index contributed by atoms with van der Waals surface area (Å²) < 4.78 is 13.7. The lowest BCUT2D eigenvalue weighted by atomic mass is 9.93. The first-order valence-corrected chi connectivity index (χ1v) is 10.1. The fourth-order valence-electron chi connectivity index (χ4n) is 3.93. The van der Waals surface area contributed by atoms with Crippen molar-refractivity contribution in [1.82, 2.24) is 19.8 Å². The molecule has 3 heterocycles. The van der Waals surface area contributed by atoms with Gasteiger partial charge in [-0.25, -0.2) is 4.98 Å². The molecule has 2 aliphatic heterocycles. The highest BCUT2D eigenvalue weighted by Gasteiger charge is 2.28. The van der Waals surface area contributed by atoms with Gasteiger partial charge in [-0.3, -0.25) is 4.99 Å². The Labute approximate surface area is 189 Å². The minimum Gasteiger partial charge on any atom is -0.490 e. The largest absolute Gasteiger partial charge is 0.490 e. The first-order valence-electron chi connectivity index (χ1n) is 10.1. The Morgan fingerprint density at radius 2 is 2.10 bits per heavy atom. The molecule has 0 amide bonds. The van der Waals surface area contributed by atoms with Crippen molar-refractivity contribution in [1.29, 1.82) is 0 Å². The average molecular weight is 511 g/mol. The number of likely N-dealkylation sites (tertiary alicyclic amines) is 1. The van der Waals surface area contributed by atoms with Gasteiger partial charge in [-0.05, 0) is 30.0 Å². The van der Waals surface area contributed by atoms with Crippen LogP contribution in [0, 0.1) is 5.92 Å². The van der Waals surface area contributed by atoms with Crippen molar-refractivity contribution in [2.75, 3.05) is 33.4 Å². The van der Waals surface area contributed by atoms with E-state index in [-0.39, 0.29) is 24.0 Å². The van der Waals surface area contributed by atoms with Gasteiger partial charge in [-0.15, -0.1) is 24.0 Å². The molecule has 2 aromatic rings. The van der Waals surface area contributed by atoms with Crippen LogP contribution < -0.4 is 14.8 Å². The molecule has 2 unspecified atom stereocenters. The molecule has 158 valence electrons. The van der Waals surface area contributed by atoms with E-state index in [2.05, 4.69) is 50.0 Å². The number of fused-ring (bicyclic) bond motifs is 1. The lowest BCUT2D eigenvalue weighted by molar-refractivity contribution is 0.189. The fourth-order valence-corrected chi connectivity index (χ4v) is 3.93. The monoisotopic (exact) mass is 511 g/mol. The third-order valence-electron chi connectivity index (χ3n) is 5.60. The molecule has 0 aliphatic carbocycles. The normalized spacial score (nSPS) is 21.9. The smallest absolute Gasteiger partial charge is 0.193 e. The number of nitrogens with one attached hydrogen (secondary N) is 1. The molecule has 1 aromatic carbocycles. The van der Waals surface area contributed by atoms with Crippen LogP contribution >= 0.6 is 24.0 Å². The van der Waals surface area contributed by atoms with E-state index in [1.54, 1.807) is 0 Å². The second-order valence-corrected chi connectivity index (χ2v) is 7.52. The number of imidazole rings is 1. The molecular formula is C21H30IN5O2. The van der Waals surface area contributed by atoms with Crippen LogP contribution in [0.1, 0.15) is 31.4 Å². The highest BCUT2D eigenvalue weighted by atomic mass is 127. The zero-order valence-electron chi connectivity index (χ0n) is 17.1. The van der Waals surface area contributed by atoms with Crippen molar-refractivity contribution in [2.45, 2.75) is 32.4 Å². The Morgan fingerprint density at radius 1 is 1.28 bits per heavy atom. The van der Waals surface area contributed by atoms with Gasteiger partial charge in [0.15, 0.2) is 17.5 Å². The van der Waals surface area contributed by atoms with Crippen molar-refractivity contribution < 1.29 is 9.47 Å². The molecule has 2 atom stereocenters. The zero-order chi connectivity index (χ0) is 19.3. The number of aliphatic imine (C=N–C) groups is 1. The standard InChI is InChI=1S/C21H29N5O2.HI/c1-16-6-8-25(14-18(16)26-9-7-23-15-26)21(22-2)24-13-17-4-5-19-20(12-17)28-11-3-10-27-19;/h4-5,7,9,12,15-16,18H,3,6,8,10-11,13-14H2,1-2H3,(H,22,24);1H. The van der Waals surface area contributed by atoms with E-state index in [1.807, 2.05) is 25.6 Å². The number of hydrogen-bond acceptors (Lipinski definition) is 4. The van der Waals surface area contributed by atoms with E-state index < -0.39 is 0 Å². The highest BCUT2D eigenvalue weighted by Crippen LogP contribution is 2.30. The van der Waals surface area contributed by atoms with Gasteiger partial charge in [-0.2, -0.15) is 0 Å². The van der Waals surface area contributed by atoms with Crippen LogP contribution in [0.2, 0.25) is 0 Å². The Kier molecular flexibility index (Phi) is 7.63. The Morgan fingerprint density at radius 3 is 2.86 bits per heavy atom. The highest BCUT2D eigenvalue weighted by molar-refractivity contribution is 14.0. The molecule has 29 heavy (non-hydrogen) atoms. The van der Waals surface area contributed by atoms with Gasteiger partial charge in [0.1, 0.15) is 0 Å². The van der Waals surface area contributed by atoms with Crippen molar-refractivity contribution in [2.24, 2.45) is 10.9 Å². The summed E-state index contributed by atoms with van der Waals surface area (Å²) >= 11 is 0. The van der Waals surface area contributed by atoms with Crippen molar-refractivity contribution in [3.05, 3.63) is 42.5 Å². The zero-order valence-corrected chi connectivity index (χ0v) is 19.4. The Hall–Kier alpha value is -1.97. The quantitative estimate of drug-likeness (QED) is 0.389. The molecule has 2 aliphatic rings. The predicted octanol–water partition coefficient (Wildman–Crippen LogP) is 3.32. The van der Waals surface area contributed by atoms with E-state index >= 15 is 0 Å². The van der Waals surface area contributed by atoms with E-state index in [0.717, 1.165) is 49.0 Å². The van der Waals surface area contributed by atoms with Crippen LogP contribution in [0.3, 0.4) is 0 Å². The van der Waals surface area contributed by atoms with Crippen LogP contribution in [0.4, 0.5) is 0 Å². The van der Waals surface area contributed by atoms with Gasteiger partial charge < -0.3 is 24.3 Å². The minimum atomic E-state index is 0. The number of nitrogens with zero attached hydrogens (tertiary/aromatic N) is 4. The molecule has 0 saturated carbocycles. The number of piperidine rings is 1. The SMILES string of the molecule is CN=C(NCc1ccc2c(c1)OCCCO2)N1CCC(C)C(n2ccnc2)C1.I. The van der Waals surface area contributed by atoms with Gasteiger partial charge in [-0.1, -0.05) is 13.0 Å². The number of benzene rings is 1. The third kappa shape index (κ3) is 5.15. The summed E-state index contributed by atoms with van der Waals surface area (Å²) in [6, 6.07) is 6.55. The second kappa shape index (κ2) is 10.2. The maximum absolute atomic E-state index is 5.80. The first kappa shape index (κ1) is 21.7. The number of halogens is 1. The van der Waals surface area contributed by atoms with Gasteiger partial charge in [0.2, 0.25) is 0 Å². The molecule has 0 bridgehead atoms. The number of rotatable bonds is 3. The van der Waals surface area contributed by atoms with Crippen LogP contribution in [-0.4, -0.2) is 53.8 Å². The summed E-state index contributed by atoms with van der Waals surface area (Å²) in [7, 11) is 1.85. The minimum absolute atomic E-state index is 0. The summed E-state index contributed by atoms with van der Waals surface area (Å²) in [4.78, 5) is 11.1. The molecule has 1 saturated heterocycles. The fraction of sp³-hybridized carbons (Fsp3) is 0.524. The Bertz CT molecular complexity index is 811. The summed E-state index contributed by atoms with van der Waals surface area (Å²) in [5.74, 6) is 3.21. The third-order valence-corrected chi connectivity index (χ3v) is 5.60. The molecule has 7 nitrogen and oxygen atoms in total. The van der Waals surface area contributed by atoms with Crippen LogP contribution in [0.25, 0.3) is 0 Å². The average Bonchev–Trinajstić information content (AvgIpc) is 3.15. The van der Waals surface area contributed by atoms with Gasteiger partial charge in [0, 0.05) is 45.5 Å². The molecule has 0 spiro atoms. The van der Waals surface area contributed by atoms with Gasteiger partial charge in [0.05, 0.1) is 25.6 Å². The summed E-state index contributed by atoms with van der Waals surface area (Å²) in [5, 5.41) is 3.51. The van der Waals surface area contributed by atoms with E-state index in [4.69, 9.17) is 9.47 Å². The van der Waals surface area contributed by atoms with E-state index in [0.29, 0.717) is 31.7 Å². The molecule has 1 aromatic heterocycles. The lowest BCUT2D eigenvalue weighted by Crippen LogP contribution is -2.48. The molecule has 1 fully saturated rings. The van der Waals surface area contributed by atoms with Crippen LogP contribution in [0.5, 0.6) is 11.5 Å². The number of hydrogen-bond donors (Lipinski definition) is 1. The molecule has 8 heteroatoms. The molecule has 4 rings (SSSR count). The van der Waals surface area contributed by atoms with Crippen molar-refractivity contribution >= 4 is 29.9 Å². The van der Waals surface area contributed by atoms with Crippen molar-refractivity contribution in [3.63, 3.8) is 0 Å². The number of aromatic nitrogens is 2. The number of guanidine groups is 1. The Balaban J connectivity index is 0.00000240. The van der Waals surface area contributed by atoms with Crippen LogP contribution in [-0.2, 0) is 6.54 Å². The van der Waals surface area contributed by atoms with Gasteiger partial charge >= 0.3 is 0 Å². The summed E-state index contributed by atoms with van der Waals surface area (Å²) in [5.41, 5.74) is 1.15. The predicted molar refractivity (Wildman–Crippen MR) is 124 cm³/mol. The van der Waals surface area contributed by atoms with E-state index in [9.17, 15) is 0 Å².